The second kappa shape index (κ2) is 8.51. The van der Waals surface area contributed by atoms with E-state index in [0.29, 0.717) is 57.3 Å². The third-order valence-electron chi connectivity index (χ3n) is 4.29. The van der Waals surface area contributed by atoms with Crippen molar-refractivity contribution in [3.8, 4) is 6.07 Å². The van der Waals surface area contributed by atoms with Crippen molar-refractivity contribution >= 4 is 56.1 Å². The number of nitrogens with one attached hydrogen (secondary N) is 1. The molecule has 0 aromatic heterocycles. The van der Waals surface area contributed by atoms with E-state index in [1.54, 1.807) is 4.90 Å². The van der Waals surface area contributed by atoms with E-state index in [9.17, 15) is 19.6 Å². The number of rotatable bonds is 4. The summed E-state index contributed by atoms with van der Waals surface area (Å²) in [6.45, 7) is 4.25. The van der Waals surface area contributed by atoms with Crippen LogP contribution in [0.3, 0.4) is 0 Å². The van der Waals surface area contributed by atoms with Gasteiger partial charge >= 0.3 is 128 Å². The molecule has 2 saturated heterocycles. The molecule has 0 saturated carbocycles. The Morgan fingerprint density at radius 3 is 2.46 bits per heavy atom. The number of hydrogen-bond donors (Lipinski definition) is 3. The van der Waals surface area contributed by atoms with Crippen LogP contribution in [0.2, 0.25) is 0 Å². The second-order valence-corrected chi connectivity index (χ2v) is 8.85. The Bertz CT molecular complexity index is 567. The van der Waals surface area contributed by atoms with E-state index in [-0.39, 0.29) is 21.3 Å². The minimum atomic E-state index is -0.767. The number of hydrogen-bond acceptors (Lipinski definition) is 5. The summed E-state index contributed by atoms with van der Waals surface area (Å²) in [5, 5.41) is 12.1. The first-order chi connectivity index (χ1) is 11.2. The van der Waals surface area contributed by atoms with Gasteiger partial charge in [0.05, 0.1) is 0 Å². The van der Waals surface area contributed by atoms with Gasteiger partial charge in [-0.05, 0) is 6.42 Å². The molecule has 0 bridgehead atoms. The summed E-state index contributed by atoms with van der Waals surface area (Å²) < 4.78 is -0.110. The van der Waals surface area contributed by atoms with Gasteiger partial charge in [0.2, 0.25) is 5.91 Å². The number of β-lactam (4-membered cyclic amide) rings is 1. The molecule has 2 aliphatic rings. The molecule has 2 aliphatic heterocycles. The van der Waals surface area contributed by atoms with Gasteiger partial charge in [-0.3, -0.25) is 4.79 Å². The van der Waals surface area contributed by atoms with Gasteiger partial charge in [0.25, 0.3) is 0 Å². The van der Waals surface area contributed by atoms with Crippen molar-refractivity contribution in [1.82, 2.24) is 10.2 Å². The van der Waals surface area contributed by atoms with Crippen LogP contribution in [-0.4, -0.2) is 69.8 Å². The molecule has 0 aliphatic carbocycles. The number of nitriles is 1. The van der Waals surface area contributed by atoms with E-state index in [1.807, 2.05) is 13.8 Å². The van der Waals surface area contributed by atoms with Crippen LogP contribution in [0.1, 0.15) is 39.5 Å². The van der Waals surface area contributed by atoms with Crippen molar-refractivity contribution in [1.29, 1.82) is 5.26 Å². The molecule has 0 aromatic rings. The molecule has 2 heterocycles. The Kier molecular flexibility index (Phi) is 7.52. The third-order valence-corrected chi connectivity index (χ3v) is 8.00. The van der Waals surface area contributed by atoms with Gasteiger partial charge in [0.1, 0.15) is 0 Å². The van der Waals surface area contributed by atoms with Gasteiger partial charge in [0.15, 0.2) is 0 Å². The minimum absolute atomic E-state index is 0.0566. The minimum Gasteiger partial charge on any atom is -0.370 e. The van der Waals surface area contributed by atoms with Crippen molar-refractivity contribution in [2.45, 2.75) is 48.7 Å². The third kappa shape index (κ3) is 4.04. The number of primary amides is 1. The molecule has 3 N–H and O–H groups in total. The first-order valence-corrected chi connectivity index (χ1v) is 10.7. The zero-order valence-corrected chi connectivity index (χ0v) is 18.7. The van der Waals surface area contributed by atoms with Crippen molar-refractivity contribution < 1.29 is 14.4 Å². The van der Waals surface area contributed by atoms with Crippen LogP contribution in [0.15, 0.2) is 0 Å². The second-order valence-electron chi connectivity index (χ2n) is 6.28. The van der Waals surface area contributed by atoms with Gasteiger partial charge in [-0.1, -0.05) is 6.92 Å². The largest absolute Gasteiger partial charge is 0.370 e. The van der Waals surface area contributed by atoms with Crippen LogP contribution in [0.4, 0.5) is 0 Å². The number of likely N-dealkylation sites (tertiary alicyclic amines) is 1. The summed E-state index contributed by atoms with van der Waals surface area (Å²) in [6, 6.07) is 2.30. The fraction of sp³-hybridized carbons (Fsp3) is 0.733. The van der Waals surface area contributed by atoms with Gasteiger partial charge in [0, 0.05) is 6.42 Å². The molecular weight excluding hydrogens is 523 g/mol. The van der Waals surface area contributed by atoms with Crippen LogP contribution < -0.4 is 11.1 Å². The summed E-state index contributed by atoms with van der Waals surface area (Å²) in [5.74, 6) is 0.0797. The van der Waals surface area contributed by atoms with E-state index in [4.69, 9.17) is 5.73 Å². The van der Waals surface area contributed by atoms with Gasteiger partial charge in [-0.2, -0.15) is 0 Å². The van der Waals surface area contributed by atoms with Crippen LogP contribution in [0.25, 0.3) is 0 Å². The van der Waals surface area contributed by atoms with Crippen LogP contribution in [0.5, 0.6) is 0 Å². The van der Waals surface area contributed by atoms with E-state index in [1.165, 1.54) is 0 Å². The van der Waals surface area contributed by atoms with E-state index in [0.717, 1.165) is 6.42 Å². The number of amides is 3. The Balaban J connectivity index is 0.000000413. The average Bonchev–Trinajstić information content (AvgIpc) is 2.78. The standard InChI is InChI=1S/C11H14N3O2S.C4H9NO.Pb/c1-10(5-12)4-11(6-13-9(11)16)14(7-10)8(15)2-3-17;1-2-3-4(5)6;/h7,17H,2-4,6H2,1H3,(H,13,16);2-3H2,1H3,(H2,5,6);. The first kappa shape index (κ1) is 21.2. The molecule has 3 atom stereocenters. The van der Waals surface area contributed by atoms with Crippen LogP contribution in [0, 0.1) is 16.7 Å². The first-order valence-electron chi connectivity index (χ1n) is 7.80. The maximum absolute atomic E-state index is 12.2. The van der Waals surface area contributed by atoms with Crippen LogP contribution >= 0.6 is 12.6 Å². The molecule has 2 rings (SSSR count). The predicted molar refractivity (Wildman–Crippen MR) is 93.0 cm³/mol. The van der Waals surface area contributed by atoms with Crippen molar-refractivity contribution in [3.63, 3.8) is 0 Å². The molecule has 1 spiro atoms. The summed E-state index contributed by atoms with van der Waals surface area (Å²) >= 11 is 4.76. The topological polar surface area (TPSA) is 116 Å². The molecule has 131 valence electrons. The van der Waals surface area contributed by atoms with Crippen molar-refractivity contribution in [2.75, 3.05) is 12.3 Å². The zero-order chi connectivity index (χ0) is 18.5. The van der Waals surface area contributed by atoms with Gasteiger partial charge in [-0.25, -0.2) is 0 Å². The Labute approximate surface area is 163 Å². The maximum atomic E-state index is 12.2. The Morgan fingerprint density at radius 2 is 2.17 bits per heavy atom. The molecule has 3 amide bonds. The zero-order valence-electron chi connectivity index (χ0n) is 14.0. The smallest absolute Gasteiger partial charge is 0.217 e. The number of nitrogens with zero attached hydrogens (tertiary/aromatic N) is 2. The van der Waals surface area contributed by atoms with Crippen LogP contribution in [-0.2, 0) is 14.4 Å². The number of carbonyl (C=O) groups is 3. The molecule has 2 fully saturated rings. The van der Waals surface area contributed by atoms with E-state index in [2.05, 4.69) is 24.0 Å². The quantitative estimate of drug-likeness (QED) is 0.255. The normalized spacial score (nSPS) is 30.7. The fourth-order valence-corrected chi connectivity index (χ4v) is 5.33. The number of thiol groups is 1. The summed E-state index contributed by atoms with van der Waals surface area (Å²) in [4.78, 5) is 35.6. The molecule has 24 heavy (non-hydrogen) atoms. The molecule has 0 aromatic carbocycles. The summed E-state index contributed by atoms with van der Waals surface area (Å²) in [6.07, 6.45) is 2.14. The van der Waals surface area contributed by atoms with Crippen molar-refractivity contribution in [2.24, 2.45) is 11.1 Å². The number of nitrogens with two attached hydrogens (primary N) is 1. The molecule has 3 radical (unpaired) electrons. The maximum Gasteiger partial charge on any atom is 0.217 e. The van der Waals surface area contributed by atoms with E-state index >= 15 is 0 Å². The fourth-order valence-electron chi connectivity index (χ4n) is 2.97. The molecular formula is C15H23N4O3PbS. The van der Waals surface area contributed by atoms with Crippen molar-refractivity contribution in [3.05, 3.63) is 0 Å². The summed E-state index contributed by atoms with van der Waals surface area (Å²) in [7, 11) is 0. The Hall–Kier alpha value is -0.828. The Morgan fingerprint density at radius 1 is 1.54 bits per heavy atom. The molecule has 9 heteroatoms. The van der Waals surface area contributed by atoms with Gasteiger partial charge in [-0.15, -0.1) is 0 Å². The SMILES string of the molecule is CC1(C#N)CC2(CNC2=O)N(C(=O)CCS)[CH]1[Pb].CCCC(N)=O. The molecule has 3 unspecified atom stereocenters. The van der Waals surface area contributed by atoms with E-state index < -0.39 is 11.0 Å². The van der Waals surface area contributed by atoms with Gasteiger partial charge < -0.3 is 5.73 Å². The molecule has 7 nitrogen and oxygen atoms in total. The number of carbonyl (C=O) groups excluding carboxylic acids is 3. The monoisotopic (exact) mass is 547 g/mol. The predicted octanol–water partition coefficient (Wildman–Crippen LogP) is -0.297. The summed E-state index contributed by atoms with van der Waals surface area (Å²) in [5.41, 5.74) is 3.40. The average molecular weight is 547 g/mol.